The minimum atomic E-state index is 0.127. The van der Waals surface area contributed by atoms with E-state index in [4.69, 9.17) is 4.74 Å². The van der Waals surface area contributed by atoms with Gasteiger partial charge < -0.3 is 15.4 Å². The number of rotatable bonds is 16. The molecular formula is C15H31BN2O2S3. The van der Waals surface area contributed by atoms with E-state index < -0.39 is 0 Å². The zero-order chi connectivity index (χ0) is 17.2. The molecule has 2 N–H and O–H groups in total. The summed E-state index contributed by atoms with van der Waals surface area (Å²) in [5.41, 5.74) is 0. The number of carbonyl (C=O) groups is 1. The lowest BCUT2D eigenvalue weighted by molar-refractivity contribution is -0.121. The summed E-state index contributed by atoms with van der Waals surface area (Å²) in [4.78, 5) is 11.6. The number of nitrogens with one attached hydrogen (secondary N) is 2. The molecule has 0 aromatic rings. The Morgan fingerprint density at radius 2 is 2.22 bits per heavy atom. The van der Waals surface area contributed by atoms with Gasteiger partial charge in [0, 0.05) is 37.2 Å². The second kappa shape index (κ2) is 18.6. The van der Waals surface area contributed by atoms with E-state index >= 15 is 0 Å². The van der Waals surface area contributed by atoms with E-state index in [1.807, 2.05) is 13.0 Å². The smallest absolute Gasteiger partial charge is 0.220 e. The van der Waals surface area contributed by atoms with E-state index in [1.165, 1.54) is 0 Å². The molecule has 0 aliphatic rings. The van der Waals surface area contributed by atoms with Gasteiger partial charge in [0.05, 0.1) is 0 Å². The number of carbonyl (C=O) groups excluding carboxylic acids is 1. The van der Waals surface area contributed by atoms with Crippen LogP contribution in [0, 0.1) is 0 Å². The van der Waals surface area contributed by atoms with Crippen molar-refractivity contribution in [3.8, 4) is 0 Å². The predicted octanol–water partition coefficient (Wildman–Crippen LogP) is 2.88. The predicted molar refractivity (Wildman–Crippen MR) is 111 cm³/mol. The summed E-state index contributed by atoms with van der Waals surface area (Å²) in [5.74, 6) is 3.99. The third-order valence-corrected chi connectivity index (χ3v) is 5.09. The Morgan fingerprint density at radius 1 is 1.39 bits per heavy atom. The Morgan fingerprint density at radius 3 is 2.96 bits per heavy atom. The van der Waals surface area contributed by atoms with E-state index in [9.17, 15) is 4.79 Å². The number of amides is 1. The van der Waals surface area contributed by atoms with E-state index in [1.54, 1.807) is 21.6 Å². The highest BCUT2D eigenvalue weighted by atomic mass is 33.1. The quantitative estimate of drug-likeness (QED) is 0.127. The van der Waals surface area contributed by atoms with Crippen molar-refractivity contribution in [2.45, 2.75) is 44.8 Å². The summed E-state index contributed by atoms with van der Waals surface area (Å²) in [5, 5.41) is 6.39. The summed E-state index contributed by atoms with van der Waals surface area (Å²) < 4.78 is 5.53. The van der Waals surface area contributed by atoms with Crippen LogP contribution in [0.15, 0.2) is 12.1 Å². The first-order chi connectivity index (χ1) is 11.2. The largest absolute Gasteiger partial charge is 0.370 e. The molecule has 0 aromatic heterocycles. The molecule has 1 amide bonds. The van der Waals surface area contributed by atoms with E-state index in [2.05, 4.69) is 36.2 Å². The number of hydrogen-bond acceptors (Lipinski definition) is 6. The fourth-order valence-corrected chi connectivity index (χ4v) is 3.33. The van der Waals surface area contributed by atoms with Crippen molar-refractivity contribution in [1.29, 1.82) is 0 Å². The van der Waals surface area contributed by atoms with Crippen molar-refractivity contribution in [2.24, 2.45) is 0 Å². The molecule has 0 radical (unpaired) electrons. The van der Waals surface area contributed by atoms with Gasteiger partial charge in [-0.2, -0.15) is 12.6 Å². The highest BCUT2D eigenvalue weighted by Crippen LogP contribution is 2.20. The molecule has 0 fully saturated rings. The summed E-state index contributed by atoms with van der Waals surface area (Å²) in [6.07, 6.45) is 5.56. The van der Waals surface area contributed by atoms with Crippen LogP contribution in [0.1, 0.15) is 33.1 Å². The molecule has 0 saturated heterocycles. The molecular weight excluding hydrogens is 347 g/mol. The van der Waals surface area contributed by atoms with Crippen LogP contribution >= 0.6 is 34.2 Å². The minimum absolute atomic E-state index is 0.127. The van der Waals surface area contributed by atoms with Crippen molar-refractivity contribution in [1.82, 2.24) is 10.6 Å². The Bertz CT molecular complexity index is 308. The average molecular weight is 378 g/mol. The van der Waals surface area contributed by atoms with E-state index in [0.717, 1.165) is 45.3 Å². The van der Waals surface area contributed by atoms with Gasteiger partial charge in [0.2, 0.25) is 5.91 Å². The normalized spacial score (nSPS) is 12.5. The maximum absolute atomic E-state index is 11.6. The number of hydrogen-bond donors (Lipinski definition) is 3. The van der Waals surface area contributed by atoms with Gasteiger partial charge in [-0.3, -0.25) is 4.79 Å². The third-order valence-electron chi connectivity index (χ3n) is 2.82. The van der Waals surface area contributed by atoms with Crippen LogP contribution in [0.4, 0.5) is 0 Å². The maximum Gasteiger partial charge on any atom is 0.220 e. The first-order valence-electron chi connectivity index (χ1n) is 8.32. The van der Waals surface area contributed by atoms with Crippen LogP contribution in [-0.4, -0.2) is 49.9 Å². The number of ether oxygens (including phenoxy) is 1. The van der Waals surface area contributed by atoms with Crippen molar-refractivity contribution < 1.29 is 9.53 Å². The maximum atomic E-state index is 11.6. The standard InChI is InChI=1S/C15H31BN2O2S3/c1-3-16-8-6-9-18-15(19)7-4-5-11-20-13-23-22-12-10-17-14(2)21/h6,8,14,16-17,21H,3-5,7,9-13H2,1-2H3,(H,18,19)/b8-6+. The summed E-state index contributed by atoms with van der Waals surface area (Å²) in [6, 6.07) is 0. The van der Waals surface area contributed by atoms with Crippen molar-refractivity contribution >= 4 is 47.4 Å². The SMILES string of the molecule is CCB/C=C/CNC(=O)CCCCOCSSCCNC(C)S. The van der Waals surface area contributed by atoms with Gasteiger partial charge in [-0.15, -0.1) is 5.98 Å². The Labute approximate surface area is 155 Å². The van der Waals surface area contributed by atoms with Gasteiger partial charge in [0.1, 0.15) is 13.2 Å². The van der Waals surface area contributed by atoms with Gasteiger partial charge in [-0.25, -0.2) is 0 Å². The Balaban J connectivity index is 3.19. The molecule has 0 spiro atoms. The second-order valence-corrected chi connectivity index (χ2v) is 8.42. The fraction of sp³-hybridized carbons (Fsp3) is 0.800. The lowest BCUT2D eigenvalue weighted by Gasteiger charge is -2.07. The molecule has 0 aliphatic carbocycles. The highest BCUT2D eigenvalue weighted by molar-refractivity contribution is 8.76. The molecule has 1 atom stereocenters. The second-order valence-electron chi connectivity index (χ2n) is 5.12. The van der Waals surface area contributed by atoms with Crippen LogP contribution < -0.4 is 10.6 Å². The van der Waals surface area contributed by atoms with Crippen LogP contribution in [0.5, 0.6) is 0 Å². The van der Waals surface area contributed by atoms with Crippen LogP contribution in [0.2, 0.25) is 6.32 Å². The molecule has 1 unspecified atom stereocenters. The molecule has 4 nitrogen and oxygen atoms in total. The molecule has 0 rings (SSSR count). The zero-order valence-electron chi connectivity index (χ0n) is 14.4. The highest BCUT2D eigenvalue weighted by Gasteiger charge is 1.99. The van der Waals surface area contributed by atoms with Crippen molar-refractivity contribution in [3.63, 3.8) is 0 Å². The Hall–Kier alpha value is 0.245. The number of unbranched alkanes of at least 4 members (excludes halogenated alkanes) is 1. The van der Waals surface area contributed by atoms with Crippen molar-refractivity contribution in [3.05, 3.63) is 12.1 Å². The molecule has 0 aliphatic heterocycles. The molecule has 0 aromatic carbocycles. The van der Waals surface area contributed by atoms with Crippen LogP contribution in [0.25, 0.3) is 0 Å². The molecule has 0 saturated carbocycles. The first-order valence-corrected chi connectivity index (χ1v) is 11.3. The molecule has 0 heterocycles. The molecule has 8 heteroatoms. The van der Waals surface area contributed by atoms with Gasteiger partial charge in [-0.05, 0) is 19.8 Å². The van der Waals surface area contributed by atoms with E-state index in [-0.39, 0.29) is 11.3 Å². The minimum Gasteiger partial charge on any atom is -0.370 e. The molecule has 23 heavy (non-hydrogen) atoms. The number of thiol groups is 1. The lowest BCUT2D eigenvalue weighted by atomic mass is 9.75. The summed E-state index contributed by atoms with van der Waals surface area (Å²) in [6.45, 7) is 6.50. The van der Waals surface area contributed by atoms with Crippen molar-refractivity contribution in [2.75, 3.05) is 31.4 Å². The zero-order valence-corrected chi connectivity index (χ0v) is 16.9. The van der Waals surface area contributed by atoms with E-state index in [0.29, 0.717) is 18.9 Å². The Kier molecular flexibility index (Phi) is 18.8. The topological polar surface area (TPSA) is 50.4 Å². The average Bonchev–Trinajstić information content (AvgIpc) is 2.52. The van der Waals surface area contributed by atoms with Crippen LogP contribution in [-0.2, 0) is 9.53 Å². The van der Waals surface area contributed by atoms with Gasteiger partial charge in [-0.1, -0.05) is 40.9 Å². The molecule has 134 valence electrons. The summed E-state index contributed by atoms with van der Waals surface area (Å²) in [7, 11) is 4.61. The first kappa shape index (κ1) is 23.2. The molecule has 0 bridgehead atoms. The monoisotopic (exact) mass is 378 g/mol. The lowest BCUT2D eigenvalue weighted by Crippen LogP contribution is -2.23. The third kappa shape index (κ3) is 20.2. The van der Waals surface area contributed by atoms with Gasteiger partial charge >= 0.3 is 0 Å². The summed E-state index contributed by atoms with van der Waals surface area (Å²) >= 11 is 4.25. The van der Waals surface area contributed by atoms with Gasteiger partial charge in [0.15, 0.2) is 0 Å². The van der Waals surface area contributed by atoms with Crippen LogP contribution in [0.3, 0.4) is 0 Å². The van der Waals surface area contributed by atoms with Gasteiger partial charge in [0.25, 0.3) is 0 Å². The fourth-order valence-electron chi connectivity index (χ4n) is 1.61.